The summed E-state index contributed by atoms with van der Waals surface area (Å²) in [4.78, 5) is 8.66. The van der Waals surface area contributed by atoms with Crippen molar-refractivity contribution in [2.24, 2.45) is 0 Å². The third kappa shape index (κ3) is 3.40. The van der Waals surface area contributed by atoms with E-state index < -0.39 is 0 Å². The van der Waals surface area contributed by atoms with Gasteiger partial charge in [0, 0.05) is 19.2 Å². The Hall–Kier alpha value is -2.18. The summed E-state index contributed by atoms with van der Waals surface area (Å²) >= 11 is 0. The maximum atomic E-state index is 4.35. The second-order valence-electron chi connectivity index (χ2n) is 4.10. The lowest BCUT2D eigenvalue weighted by molar-refractivity contribution is 0.707. The van der Waals surface area contributed by atoms with Gasteiger partial charge in [0.2, 0.25) is 0 Å². The molecule has 0 atom stereocenters. The topological polar surface area (TPSA) is 80.5 Å². The molecule has 0 aliphatic carbocycles. The van der Waals surface area contributed by atoms with Gasteiger partial charge in [0.25, 0.3) is 0 Å². The van der Waals surface area contributed by atoms with Crippen molar-refractivity contribution < 1.29 is 0 Å². The highest BCUT2D eigenvalue weighted by atomic mass is 15.3. The number of anilines is 2. The summed E-state index contributed by atoms with van der Waals surface area (Å²) in [6, 6.07) is 1.89. The first kappa shape index (κ1) is 13.3. The standard InChI is InChI=1S/C12H19N7/c1-4-13-10-6-11(17-9(3)16-10)14-7-12-18-15-8-19(12)5-2/h6,8H,4-5,7H2,1-3H3,(H2,13,14,16,17). The molecule has 0 amide bonds. The Morgan fingerprint density at radius 3 is 2.58 bits per heavy atom. The van der Waals surface area contributed by atoms with Crippen LogP contribution in [-0.4, -0.2) is 31.3 Å². The molecule has 2 N–H and O–H groups in total. The predicted octanol–water partition coefficient (Wildman–Crippen LogP) is 1.44. The van der Waals surface area contributed by atoms with E-state index in [1.54, 1.807) is 6.33 Å². The summed E-state index contributed by atoms with van der Waals surface area (Å²) in [7, 11) is 0. The molecule has 7 nitrogen and oxygen atoms in total. The molecule has 7 heteroatoms. The van der Waals surface area contributed by atoms with E-state index >= 15 is 0 Å². The van der Waals surface area contributed by atoms with Gasteiger partial charge in [0.15, 0.2) is 5.82 Å². The molecule has 0 radical (unpaired) electrons. The molecular formula is C12H19N7. The summed E-state index contributed by atoms with van der Waals surface area (Å²) in [6.45, 7) is 8.26. The lowest BCUT2D eigenvalue weighted by Gasteiger charge is -2.09. The molecular weight excluding hydrogens is 242 g/mol. The van der Waals surface area contributed by atoms with Crippen LogP contribution < -0.4 is 10.6 Å². The molecule has 2 heterocycles. The van der Waals surface area contributed by atoms with Gasteiger partial charge in [-0.05, 0) is 20.8 Å². The van der Waals surface area contributed by atoms with Crippen molar-refractivity contribution in [2.75, 3.05) is 17.2 Å². The highest BCUT2D eigenvalue weighted by Crippen LogP contribution is 2.11. The molecule has 2 rings (SSSR count). The molecule has 2 aromatic heterocycles. The van der Waals surface area contributed by atoms with Gasteiger partial charge in [-0.15, -0.1) is 10.2 Å². The minimum Gasteiger partial charge on any atom is -0.370 e. The minimum absolute atomic E-state index is 0.593. The molecule has 0 saturated heterocycles. The molecule has 102 valence electrons. The van der Waals surface area contributed by atoms with Crippen LogP contribution in [0.15, 0.2) is 12.4 Å². The fourth-order valence-corrected chi connectivity index (χ4v) is 1.78. The lowest BCUT2D eigenvalue weighted by atomic mass is 10.4. The fraction of sp³-hybridized carbons (Fsp3) is 0.500. The molecule has 0 saturated carbocycles. The summed E-state index contributed by atoms with van der Waals surface area (Å²) in [5.41, 5.74) is 0. The van der Waals surface area contributed by atoms with Gasteiger partial charge in [-0.3, -0.25) is 0 Å². The van der Waals surface area contributed by atoms with E-state index in [9.17, 15) is 0 Å². The van der Waals surface area contributed by atoms with Crippen LogP contribution in [0.25, 0.3) is 0 Å². The number of nitrogens with one attached hydrogen (secondary N) is 2. The third-order valence-electron chi connectivity index (χ3n) is 2.66. The van der Waals surface area contributed by atoms with Crippen LogP contribution >= 0.6 is 0 Å². The van der Waals surface area contributed by atoms with E-state index in [1.807, 2.05) is 24.5 Å². The first-order valence-corrected chi connectivity index (χ1v) is 6.43. The smallest absolute Gasteiger partial charge is 0.152 e. The molecule has 0 spiro atoms. The predicted molar refractivity (Wildman–Crippen MR) is 74.0 cm³/mol. The Balaban J connectivity index is 2.06. The molecule has 0 aliphatic heterocycles. The monoisotopic (exact) mass is 261 g/mol. The van der Waals surface area contributed by atoms with Gasteiger partial charge in [-0.1, -0.05) is 0 Å². The Labute approximate surface area is 112 Å². The van der Waals surface area contributed by atoms with Crippen molar-refractivity contribution in [3.63, 3.8) is 0 Å². The fourth-order valence-electron chi connectivity index (χ4n) is 1.78. The summed E-state index contributed by atoms with van der Waals surface area (Å²) in [6.07, 6.45) is 1.73. The average molecular weight is 261 g/mol. The highest BCUT2D eigenvalue weighted by Gasteiger charge is 2.04. The van der Waals surface area contributed by atoms with Crippen LogP contribution in [0.4, 0.5) is 11.6 Å². The average Bonchev–Trinajstić information content (AvgIpc) is 2.83. The van der Waals surface area contributed by atoms with Crippen molar-refractivity contribution in [1.29, 1.82) is 0 Å². The van der Waals surface area contributed by atoms with Crippen LogP contribution in [0, 0.1) is 6.92 Å². The molecule has 0 bridgehead atoms. The van der Waals surface area contributed by atoms with E-state index in [2.05, 4.69) is 37.7 Å². The normalized spacial score (nSPS) is 10.5. The zero-order chi connectivity index (χ0) is 13.7. The Morgan fingerprint density at radius 1 is 1.16 bits per heavy atom. The SMILES string of the molecule is CCNc1cc(NCc2nncn2CC)nc(C)n1. The van der Waals surface area contributed by atoms with E-state index in [-0.39, 0.29) is 0 Å². The van der Waals surface area contributed by atoms with E-state index in [0.29, 0.717) is 6.54 Å². The van der Waals surface area contributed by atoms with Crippen molar-refractivity contribution in [3.8, 4) is 0 Å². The Kier molecular flexibility index (Phi) is 4.27. The quantitative estimate of drug-likeness (QED) is 0.819. The molecule has 0 aromatic carbocycles. The molecule has 19 heavy (non-hydrogen) atoms. The van der Waals surface area contributed by atoms with Crippen LogP contribution in [0.1, 0.15) is 25.5 Å². The third-order valence-corrected chi connectivity index (χ3v) is 2.66. The second kappa shape index (κ2) is 6.12. The van der Waals surface area contributed by atoms with Crippen molar-refractivity contribution in [3.05, 3.63) is 24.0 Å². The number of aryl methyl sites for hydroxylation is 2. The first-order valence-electron chi connectivity index (χ1n) is 6.43. The number of hydrogen-bond acceptors (Lipinski definition) is 6. The van der Waals surface area contributed by atoms with Crippen molar-refractivity contribution in [1.82, 2.24) is 24.7 Å². The molecule has 0 aliphatic rings. The van der Waals surface area contributed by atoms with Crippen LogP contribution in [0.3, 0.4) is 0 Å². The van der Waals surface area contributed by atoms with Gasteiger partial charge < -0.3 is 15.2 Å². The molecule has 0 fully saturated rings. The second-order valence-corrected chi connectivity index (χ2v) is 4.10. The van der Waals surface area contributed by atoms with Crippen molar-refractivity contribution in [2.45, 2.75) is 33.9 Å². The van der Waals surface area contributed by atoms with E-state index in [4.69, 9.17) is 0 Å². The molecule has 2 aromatic rings. The number of aromatic nitrogens is 5. The lowest BCUT2D eigenvalue weighted by Crippen LogP contribution is -2.10. The van der Waals surface area contributed by atoms with E-state index in [0.717, 1.165) is 36.4 Å². The van der Waals surface area contributed by atoms with Crippen LogP contribution in [0.2, 0.25) is 0 Å². The minimum atomic E-state index is 0.593. The Morgan fingerprint density at radius 2 is 1.89 bits per heavy atom. The van der Waals surface area contributed by atoms with Crippen LogP contribution in [-0.2, 0) is 13.1 Å². The van der Waals surface area contributed by atoms with Gasteiger partial charge in [-0.25, -0.2) is 9.97 Å². The Bertz CT molecular complexity index is 535. The highest BCUT2D eigenvalue weighted by molar-refractivity contribution is 5.47. The number of nitrogens with zero attached hydrogens (tertiary/aromatic N) is 5. The maximum Gasteiger partial charge on any atom is 0.152 e. The zero-order valence-electron chi connectivity index (χ0n) is 11.5. The first-order chi connectivity index (χ1) is 9.22. The van der Waals surface area contributed by atoms with Gasteiger partial charge in [0.1, 0.15) is 23.8 Å². The summed E-state index contributed by atoms with van der Waals surface area (Å²) in [5.74, 6) is 3.24. The van der Waals surface area contributed by atoms with Gasteiger partial charge >= 0.3 is 0 Å². The summed E-state index contributed by atoms with van der Waals surface area (Å²) in [5, 5.41) is 14.4. The van der Waals surface area contributed by atoms with Gasteiger partial charge in [0.05, 0.1) is 6.54 Å². The molecule has 0 unspecified atom stereocenters. The number of rotatable bonds is 6. The van der Waals surface area contributed by atoms with Crippen LogP contribution in [0.5, 0.6) is 0 Å². The number of hydrogen-bond donors (Lipinski definition) is 2. The summed E-state index contributed by atoms with van der Waals surface area (Å²) < 4.78 is 1.99. The zero-order valence-corrected chi connectivity index (χ0v) is 11.5. The largest absolute Gasteiger partial charge is 0.370 e. The maximum absolute atomic E-state index is 4.35. The van der Waals surface area contributed by atoms with Crippen molar-refractivity contribution >= 4 is 11.6 Å². The van der Waals surface area contributed by atoms with E-state index in [1.165, 1.54) is 0 Å². The van der Waals surface area contributed by atoms with Gasteiger partial charge in [-0.2, -0.15) is 0 Å².